The van der Waals surface area contributed by atoms with E-state index in [0.29, 0.717) is 0 Å². The maximum absolute atomic E-state index is 13.3. The molecular formula is C23H22N2O2S. The molecule has 0 fully saturated rings. The van der Waals surface area contributed by atoms with E-state index in [9.17, 15) is 9.59 Å². The maximum atomic E-state index is 13.3. The summed E-state index contributed by atoms with van der Waals surface area (Å²) in [5.74, 6) is -0.0985. The van der Waals surface area contributed by atoms with Gasteiger partial charge in [0.25, 0.3) is 0 Å². The van der Waals surface area contributed by atoms with E-state index in [1.165, 1.54) is 18.7 Å². The Bertz CT molecular complexity index is 888. The molecule has 0 aromatic heterocycles. The predicted molar refractivity (Wildman–Crippen MR) is 116 cm³/mol. The molecule has 0 aliphatic heterocycles. The number of para-hydroxylation sites is 2. The van der Waals surface area contributed by atoms with Crippen LogP contribution in [0.4, 0.5) is 17.1 Å². The van der Waals surface area contributed by atoms with Gasteiger partial charge < -0.3 is 5.32 Å². The van der Waals surface area contributed by atoms with Crippen LogP contribution in [0.1, 0.15) is 13.8 Å². The van der Waals surface area contributed by atoms with E-state index in [-0.39, 0.29) is 17.1 Å². The molecule has 28 heavy (non-hydrogen) atoms. The topological polar surface area (TPSA) is 49.4 Å². The first-order valence-electron chi connectivity index (χ1n) is 9.03. The molecule has 0 aliphatic rings. The lowest BCUT2D eigenvalue weighted by Crippen LogP contribution is -2.32. The molecule has 0 bridgehead atoms. The van der Waals surface area contributed by atoms with E-state index in [2.05, 4.69) is 5.32 Å². The largest absolute Gasteiger partial charge is 0.326 e. The highest BCUT2D eigenvalue weighted by Crippen LogP contribution is 2.31. The number of hydrogen-bond donors (Lipinski definition) is 1. The molecule has 1 unspecified atom stereocenters. The van der Waals surface area contributed by atoms with E-state index < -0.39 is 0 Å². The molecule has 142 valence electrons. The molecule has 0 heterocycles. The van der Waals surface area contributed by atoms with E-state index in [4.69, 9.17) is 0 Å². The normalized spacial score (nSPS) is 11.5. The van der Waals surface area contributed by atoms with E-state index >= 15 is 0 Å². The summed E-state index contributed by atoms with van der Waals surface area (Å²) in [7, 11) is 0. The molecule has 3 rings (SSSR count). The van der Waals surface area contributed by atoms with Gasteiger partial charge in [0.05, 0.1) is 5.25 Å². The summed E-state index contributed by atoms with van der Waals surface area (Å²) in [6.07, 6.45) is 0. The van der Waals surface area contributed by atoms with Crippen molar-refractivity contribution < 1.29 is 9.59 Å². The number of carbonyl (C=O) groups is 2. The molecule has 1 N–H and O–H groups in total. The Morgan fingerprint density at radius 1 is 0.821 bits per heavy atom. The summed E-state index contributed by atoms with van der Waals surface area (Å²) in [4.78, 5) is 27.2. The SMILES string of the molecule is CC(=O)Nc1ccc(SC(C)C(=O)N(c2ccccc2)c2ccccc2)cc1. The summed E-state index contributed by atoms with van der Waals surface area (Å²) in [5, 5.41) is 2.46. The number of nitrogens with zero attached hydrogens (tertiary/aromatic N) is 1. The van der Waals surface area contributed by atoms with Crippen molar-refractivity contribution in [2.24, 2.45) is 0 Å². The summed E-state index contributed by atoms with van der Waals surface area (Å²) in [6.45, 7) is 3.39. The summed E-state index contributed by atoms with van der Waals surface area (Å²) < 4.78 is 0. The van der Waals surface area contributed by atoms with Gasteiger partial charge in [0.2, 0.25) is 11.8 Å². The standard InChI is InChI=1S/C23H22N2O2S/c1-17(28-22-15-13-19(14-16-22)24-18(2)26)23(27)25(20-9-5-3-6-10-20)21-11-7-4-8-12-21/h3-17H,1-2H3,(H,24,26). The van der Waals surface area contributed by atoms with Crippen LogP contribution in [-0.4, -0.2) is 17.1 Å². The smallest absolute Gasteiger partial charge is 0.244 e. The maximum Gasteiger partial charge on any atom is 0.244 e. The Balaban J connectivity index is 1.80. The van der Waals surface area contributed by atoms with Crippen LogP contribution in [0.3, 0.4) is 0 Å². The summed E-state index contributed by atoms with van der Waals surface area (Å²) in [6, 6.07) is 26.8. The van der Waals surface area contributed by atoms with Gasteiger partial charge in [-0.2, -0.15) is 0 Å². The van der Waals surface area contributed by atoms with Gasteiger partial charge in [-0.15, -0.1) is 11.8 Å². The number of thioether (sulfide) groups is 1. The van der Waals surface area contributed by atoms with Gasteiger partial charge in [0.1, 0.15) is 0 Å². The Morgan fingerprint density at radius 2 is 1.32 bits per heavy atom. The zero-order valence-corrected chi connectivity index (χ0v) is 16.6. The first kappa shape index (κ1) is 19.7. The average Bonchev–Trinajstić information content (AvgIpc) is 2.71. The van der Waals surface area contributed by atoms with Crippen molar-refractivity contribution in [3.05, 3.63) is 84.9 Å². The number of nitrogens with one attached hydrogen (secondary N) is 1. The Morgan fingerprint density at radius 3 is 1.79 bits per heavy atom. The van der Waals surface area contributed by atoms with Crippen LogP contribution in [0.25, 0.3) is 0 Å². The van der Waals surface area contributed by atoms with Gasteiger partial charge >= 0.3 is 0 Å². The monoisotopic (exact) mass is 390 g/mol. The van der Waals surface area contributed by atoms with Crippen molar-refractivity contribution in [3.63, 3.8) is 0 Å². The highest BCUT2D eigenvalue weighted by Gasteiger charge is 2.24. The molecule has 0 radical (unpaired) electrons. The third-order valence-corrected chi connectivity index (χ3v) is 5.18. The van der Waals surface area contributed by atoms with Crippen molar-refractivity contribution in [3.8, 4) is 0 Å². The minimum absolute atomic E-state index is 0.00772. The molecular weight excluding hydrogens is 368 g/mol. The van der Waals surface area contributed by atoms with Gasteiger partial charge in [-0.3, -0.25) is 14.5 Å². The number of amides is 2. The van der Waals surface area contributed by atoms with Crippen LogP contribution < -0.4 is 10.2 Å². The molecule has 2 amide bonds. The molecule has 3 aromatic carbocycles. The van der Waals surface area contributed by atoms with Crippen LogP contribution in [0, 0.1) is 0 Å². The second-order valence-corrected chi connectivity index (χ2v) is 7.72. The molecule has 0 saturated carbocycles. The van der Waals surface area contributed by atoms with E-state index in [1.54, 1.807) is 4.90 Å². The fourth-order valence-electron chi connectivity index (χ4n) is 2.81. The third kappa shape index (κ3) is 5.02. The van der Waals surface area contributed by atoms with Crippen LogP contribution in [-0.2, 0) is 9.59 Å². The molecule has 5 heteroatoms. The first-order valence-corrected chi connectivity index (χ1v) is 9.91. The zero-order chi connectivity index (χ0) is 19.9. The molecule has 0 spiro atoms. The average molecular weight is 391 g/mol. The van der Waals surface area contributed by atoms with Crippen molar-refractivity contribution in [2.45, 2.75) is 24.0 Å². The summed E-state index contributed by atoms with van der Waals surface area (Å²) >= 11 is 1.49. The van der Waals surface area contributed by atoms with Crippen LogP contribution in [0.2, 0.25) is 0 Å². The lowest BCUT2D eigenvalue weighted by molar-refractivity contribution is -0.117. The van der Waals surface area contributed by atoms with Gasteiger partial charge in [-0.05, 0) is 55.5 Å². The lowest BCUT2D eigenvalue weighted by Gasteiger charge is -2.26. The predicted octanol–water partition coefficient (Wildman–Crippen LogP) is 5.49. The van der Waals surface area contributed by atoms with Crippen LogP contribution >= 0.6 is 11.8 Å². The third-order valence-electron chi connectivity index (χ3n) is 4.08. The molecule has 4 nitrogen and oxygen atoms in total. The van der Waals surface area contributed by atoms with Gasteiger partial charge in [-0.1, -0.05) is 36.4 Å². The number of benzene rings is 3. The minimum atomic E-state index is -0.285. The Hall–Kier alpha value is -3.05. The van der Waals surface area contributed by atoms with Crippen molar-refractivity contribution in [1.29, 1.82) is 0 Å². The zero-order valence-electron chi connectivity index (χ0n) is 15.8. The molecule has 0 saturated heterocycles. The van der Waals surface area contributed by atoms with Gasteiger partial charge in [0.15, 0.2) is 0 Å². The summed E-state index contributed by atoms with van der Waals surface area (Å²) in [5.41, 5.74) is 2.42. The fraction of sp³-hybridized carbons (Fsp3) is 0.130. The highest BCUT2D eigenvalue weighted by atomic mass is 32.2. The molecule has 0 aliphatic carbocycles. The minimum Gasteiger partial charge on any atom is -0.326 e. The van der Waals surface area contributed by atoms with Gasteiger partial charge in [0, 0.05) is 28.9 Å². The number of carbonyl (C=O) groups excluding carboxylic acids is 2. The van der Waals surface area contributed by atoms with E-state index in [1.807, 2.05) is 91.9 Å². The Labute approximate surface area is 169 Å². The lowest BCUT2D eigenvalue weighted by atomic mass is 10.2. The molecule has 3 aromatic rings. The van der Waals surface area contributed by atoms with Crippen molar-refractivity contribution in [2.75, 3.05) is 10.2 Å². The van der Waals surface area contributed by atoms with E-state index in [0.717, 1.165) is 22.0 Å². The second kappa shape index (κ2) is 9.24. The highest BCUT2D eigenvalue weighted by molar-refractivity contribution is 8.00. The van der Waals surface area contributed by atoms with Crippen LogP contribution in [0.5, 0.6) is 0 Å². The Kier molecular flexibility index (Phi) is 6.50. The van der Waals surface area contributed by atoms with Gasteiger partial charge in [-0.25, -0.2) is 0 Å². The number of hydrogen-bond acceptors (Lipinski definition) is 3. The number of anilines is 3. The second-order valence-electron chi connectivity index (χ2n) is 6.31. The first-order chi connectivity index (χ1) is 13.5. The fourth-order valence-corrected chi connectivity index (χ4v) is 3.72. The van der Waals surface area contributed by atoms with Crippen molar-refractivity contribution >= 4 is 40.6 Å². The van der Waals surface area contributed by atoms with Crippen molar-refractivity contribution in [1.82, 2.24) is 0 Å². The van der Waals surface area contributed by atoms with Crippen LogP contribution in [0.15, 0.2) is 89.8 Å². The number of rotatable bonds is 6. The molecule has 1 atom stereocenters. The quantitative estimate of drug-likeness (QED) is 0.566.